The zero-order valence-electron chi connectivity index (χ0n) is 13.4. The van der Waals surface area contributed by atoms with Crippen LogP contribution in [-0.2, 0) is 0 Å². The van der Waals surface area contributed by atoms with E-state index in [4.69, 9.17) is 5.11 Å². The summed E-state index contributed by atoms with van der Waals surface area (Å²) in [6.07, 6.45) is 7.27. The lowest BCUT2D eigenvalue weighted by molar-refractivity contribution is 0.0954. The molecule has 1 aliphatic rings. The molecule has 0 spiro atoms. The van der Waals surface area contributed by atoms with Crippen molar-refractivity contribution in [1.82, 2.24) is 5.32 Å². The van der Waals surface area contributed by atoms with Gasteiger partial charge in [0.1, 0.15) is 0 Å². The van der Waals surface area contributed by atoms with Crippen molar-refractivity contribution in [1.29, 1.82) is 0 Å². The smallest absolute Gasteiger partial charge is 0.251 e. The van der Waals surface area contributed by atoms with Gasteiger partial charge in [0.05, 0.1) is 12.7 Å². The van der Waals surface area contributed by atoms with Crippen LogP contribution in [0.3, 0.4) is 0 Å². The number of amides is 1. The number of aliphatic hydroxyl groups is 2. The molecule has 4 N–H and O–H groups in total. The summed E-state index contributed by atoms with van der Waals surface area (Å²) >= 11 is 0. The number of hydrogen-bond donors (Lipinski definition) is 4. The highest BCUT2D eigenvalue weighted by molar-refractivity contribution is 5.95. The average molecular weight is 318 g/mol. The zero-order chi connectivity index (χ0) is 16.5. The van der Waals surface area contributed by atoms with E-state index in [0.29, 0.717) is 12.1 Å². The Morgan fingerprint density at radius 1 is 1.30 bits per heavy atom. The van der Waals surface area contributed by atoms with Gasteiger partial charge >= 0.3 is 0 Å². The number of benzene rings is 1. The largest absolute Gasteiger partial charge is 0.394 e. The van der Waals surface area contributed by atoms with Gasteiger partial charge in [-0.2, -0.15) is 0 Å². The van der Waals surface area contributed by atoms with Crippen molar-refractivity contribution in [3.8, 4) is 0 Å². The van der Waals surface area contributed by atoms with Crippen LogP contribution < -0.4 is 10.6 Å². The summed E-state index contributed by atoms with van der Waals surface area (Å²) in [5, 5.41) is 24.1. The molecule has 0 bridgehead atoms. The van der Waals surface area contributed by atoms with E-state index in [0.717, 1.165) is 24.9 Å². The molecule has 1 atom stereocenters. The standard InChI is InChI=1S/C18H26N2O3/c21-13-17(22)12-20-16-8-4-7-15(11-16)18(23)19-10-9-14-5-2-1-3-6-14/h4-5,7-8,11,17,20-22H,1-3,6,9-10,12-13H2,(H,19,23). The maximum absolute atomic E-state index is 12.2. The summed E-state index contributed by atoms with van der Waals surface area (Å²) in [5.41, 5.74) is 2.79. The van der Waals surface area contributed by atoms with Gasteiger partial charge in [-0.3, -0.25) is 4.79 Å². The van der Waals surface area contributed by atoms with Gasteiger partial charge < -0.3 is 20.8 Å². The monoisotopic (exact) mass is 318 g/mol. The van der Waals surface area contributed by atoms with E-state index in [9.17, 15) is 9.90 Å². The summed E-state index contributed by atoms with van der Waals surface area (Å²) < 4.78 is 0. The lowest BCUT2D eigenvalue weighted by atomic mass is 9.97. The Morgan fingerprint density at radius 3 is 2.91 bits per heavy atom. The molecule has 0 fully saturated rings. The molecular formula is C18H26N2O3. The van der Waals surface area contributed by atoms with Crippen LogP contribution in [0.5, 0.6) is 0 Å². The van der Waals surface area contributed by atoms with Gasteiger partial charge in [0.2, 0.25) is 0 Å². The van der Waals surface area contributed by atoms with E-state index in [1.165, 1.54) is 18.4 Å². The number of carbonyl (C=O) groups is 1. The van der Waals surface area contributed by atoms with Crippen molar-refractivity contribution in [2.45, 2.75) is 38.2 Å². The minimum Gasteiger partial charge on any atom is -0.394 e. The topological polar surface area (TPSA) is 81.6 Å². The van der Waals surface area contributed by atoms with Gasteiger partial charge in [0.15, 0.2) is 0 Å². The van der Waals surface area contributed by atoms with Crippen LogP contribution >= 0.6 is 0 Å². The highest BCUT2D eigenvalue weighted by atomic mass is 16.3. The number of rotatable bonds is 8. The fraction of sp³-hybridized carbons (Fsp3) is 0.500. The van der Waals surface area contributed by atoms with E-state index in [1.54, 1.807) is 18.2 Å². The SMILES string of the molecule is O=C(NCCC1=CCCCC1)c1cccc(NCC(O)CO)c1. The molecule has 0 aliphatic heterocycles. The first-order chi connectivity index (χ1) is 11.2. The molecule has 0 heterocycles. The third-order valence-corrected chi connectivity index (χ3v) is 3.99. The molecule has 23 heavy (non-hydrogen) atoms. The Hall–Kier alpha value is -1.85. The second-order valence-corrected chi connectivity index (χ2v) is 5.91. The zero-order valence-corrected chi connectivity index (χ0v) is 13.4. The first-order valence-electron chi connectivity index (χ1n) is 8.28. The van der Waals surface area contributed by atoms with E-state index in [2.05, 4.69) is 16.7 Å². The summed E-state index contributed by atoms with van der Waals surface area (Å²) in [6.45, 7) is 0.615. The van der Waals surface area contributed by atoms with Crippen LogP contribution in [0.25, 0.3) is 0 Å². The number of allylic oxidation sites excluding steroid dienone is 1. The van der Waals surface area contributed by atoms with Gasteiger partial charge in [-0.25, -0.2) is 0 Å². The molecular weight excluding hydrogens is 292 g/mol. The maximum Gasteiger partial charge on any atom is 0.251 e. The van der Waals surface area contributed by atoms with E-state index in [-0.39, 0.29) is 19.1 Å². The minimum absolute atomic E-state index is 0.0900. The highest BCUT2D eigenvalue weighted by Crippen LogP contribution is 2.19. The first kappa shape index (κ1) is 17.5. The van der Waals surface area contributed by atoms with Gasteiger partial charge in [0.25, 0.3) is 5.91 Å². The first-order valence-corrected chi connectivity index (χ1v) is 8.28. The molecule has 2 rings (SSSR count). The normalized spacial score (nSPS) is 15.7. The summed E-state index contributed by atoms with van der Waals surface area (Å²) in [6, 6.07) is 7.14. The van der Waals surface area contributed by atoms with E-state index in [1.807, 2.05) is 6.07 Å². The Bertz CT molecular complexity index is 543. The molecule has 0 saturated carbocycles. The van der Waals surface area contributed by atoms with Gasteiger partial charge in [-0.15, -0.1) is 0 Å². The van der Waals surface area contributed by atoms with Crippen LogP contribution in [-0.4, -0.2) is 41.9 Å². The van der Waals surface area contributed by atoms with Crippen LogP contribution in [0.15, 0.2) is 35.9 Å². The Morgan fingerprint density at radius 2 is 2.17 bits per heavy atom. The van der Waals surface area contributed by atoms with Crippen LogP contribution in [0.4, 0.5) is 5.69 Å². The maximum atomic E-state index is 12.2. The van der Waals surface area contributed by atoms with Crippen molar-refractivity contribution in [3.63, 3.8) is 0 Å². The molecule has 1 unspecified atom stereocenters. The molecule has 0 aromatic heterocycles. The number of anilines is 1. The second-order valence-electron chi connectivity index (χ2n) is 5.91. The highest BCUT2D eigenvalue weighted by Gasteiger charge is 2.08. The molecule has 1 aromatic carbocycles. The number of hydrogen-bond acceptors (Lipinski definition) is 4. The minimum atomic E-state index is -0.809. The molecule has 126 valence electrons. The third-order valence-electron chi connectivity index (χ3n) is 3.99. The van der Waals surface area contributed by atoms with Crippen molar-refractivity contribution in [2.24, 2.45) is 0 Å². The van der Waals surface area contributed by atoms with Crippen molar-refractivity contribution in [2.75, 3.05) is 25.0 Å². The van der Waals surface area contributed by atoms with Gasteiger partial charge in [0, 0.05) is 24.3 Å². The molecule has 1 amide bonds. The summed E-state index contributed by atoms with van der Waals surface area (Å²) in [7, 11) is 0. The fourth-order valence-corrected chi connectivity index (χ4v) is 2.64. The predicted octanol–water partition coefficient (Wildman–Crippen LogP) is 2.07. The summed E-state index contributed by atoms with van der Waals surface area (Å²) in [4.78, 5) is 12.2. The predicted molar refractivity (Wildman–Crippen MR) is 91.5 cm³/mol. The van der Waals surface area contributed by atoms with Crippen molar-refractivity contribution in [3.05, 3.63) is 41.5 Å². The number of nitrogens with one attached hydrogen (secondary N) is 2. The molecule has 5 nitrogen and oxygen atoms in total. The second kappa shape index (κ2) is 9.33. The van der Waals surface area contributed by atoms with E-state index < -0.39 is 6.10 Å². The van der Waals surface area contributed by atoms with Crippen molar-refractivity contribution < 1.29 is 15.0 Å². The average Bonchev–Trinajstić information content (AvgIpc) is 2.60. The molecule has 0 saturated heterocycles. The fourth-order valence-electron chi connectivity index (χ4n) is 2.64. The Labute approximate surface area is 137 Å². The molecule has 1 aliphatic carbocycles. The van der Waals surface area contributed by atoms with Crippen LogP contribution in [0.1, 0.15) is 42.5 Å². The summed E-state index contributed by atoms with van der Waals surface area (Å²) in [5.74, 6) is -0.0900. The van der Waals surface area contributed by atoms with Crippen LogP contribution in [0, 0.1) is 0 Å². The lowest BCUT2D eigenvalue weighted by Gasteiger charge is -2.13. The Balaban J connectivity index is 1.80. The quantitative estimate of drug-likeness (QED) is 0.553. The van der Waals surface area contributed by atoms with Crippen LogP contribution in [0.2, 0.25) is 0 Å². The number of aliphatic hydroxyl groups excluding tert-OH is 2. The Kier molecular flexibility index (Phi) is 7.10. The van der Waals surface area contributed by atoms with Gasteiger partial charge in [-0.05, 0) is 50.3 Å². The third kappa shape index (κ3) is 6.04. The van der Waals surface area contributed by atoms with Crippen molar-refractivity contribution >= 4 is 11.6 Å². The molecule has 1 aromatic rings. The molecule has 0 radical (unpaired) electrons. The van der Waals surface area contributed by atoms with Gasteiger partial charge in [-0.1, -0.05) is 17.7 Å². The molecule has 5 heteroatoms. The number of carbonyl (C=O) groups excluding carboxylic acids is 1. The van der Waals surface area contributed by atoms with E-state index >= 15 is 0 Å². The lowest BCUT2D eigenvalue weighted by Crippen LogP contribution is -2.25.